The molecule has 0 aliphatic carbocycles. The number of hydrogen-bond donors (Lipinski definition) is 0. The Balaban J connectivity index is 2.51. The summed E-state index contributed by atoms with van der Waals surface area (Å²) in [6.07, 6.45) is -3.61. The zero-order chi connectivity index (χ0) is 12.7. The highest BCUT2D eigenvalue weighted by Crippen LogP contribution is 2.23. The summed E-state index contributed by atoms with van der Waals surface area (Å²) in [7, 11) is 0. The van der Waals surface area contributed by atoms with Gasteiger partial charge in [0.05, 0.1) is 6.61 Å². The van der Waals surface area contributed by atoms with E-state index in [1.54, 1.807) is 6.07 Å². The average Bonchev–Trinajstić information content (AvgIpc) is 2.23. The smallest absolute Gasteiger partial charge is 0.468 e. The lowest BCUT2D eigenvalue weighted by Gasteiger charge is -2.09. The molecule has 6 heteroatoms. The predicted molar refractivity (Wildman–Crippen MR) is 53.5 cm³/mol. The number of benzene rings is 1. The molecule has 0 radical (unpaired) electrons. The van der Waals surface area contributed by atoms with E-state index in [2.05, 4.69) is 9.47 Å². The van der Waals surface area contributed by atoms with Crippen molar-refractivity contribution in [3.05, 3.63) is 29.8 Å². The van der Waals surface area contributed by atoms with E-state index in [9.17, 15) is 18.0 Å². The first kappa shape index (κ1) is 13.3. The van der Waals surface area contributed by atoms with Gasteiger partial charge in [0.2, 0.25) is 0 Å². The van der Waals surface area contributed by atoms with E-state index in [1.807, 2.05) is 0 Å². The van der Waals surface area contributed by atoms with Crippen molar-refractivity contribution < 1.29 is 27.4 Å². The zero-order valence-corrected chi connectivity index (χ0v) is 8.87. The molecule has 17 heavy (non-hydrogen) atoms. The molecule has 0 fully saturated rings. The Hall–Kier alpha value is -1.72. The highest BCUT2D eigenvalue weighted by atomic mass is 19.4. The largest absolute Gasteiger partial charge is 0.573 e. The van der Waals surface area contributed by atoms with Crippen molar-refractivity contribution in [2.45, 2.75) is 19.2 Å². The summed E-state index contributed by atoms with van der Waals surface area (Å²) in [5.74, 6) is -0.244. The van der Waals surface area contributed by atoms with Crippen LogP contribution in [0.3, 0.4) is 0 Å². The molecule has 0 atom stereocenters. The zero-order valence-electron chi connectivity index (χ0n) is 8.87. The van der Waals surface area contributed by atoms with Gasteiger partial charge < -0.3 is 9.47 Å². The first-order valence-corrected chi connectivity index (χ1v) is 4.91. The molecule has 0 aliphatic heterocycles. The van der Waals surface area contributed by atoms with Crippen LogP contribution in [0.1, 0.15) is 12.0 Å². The average molecular weight is 248 g/mol. The fourth-order valence-electron chi connectivity index (χ4n) is 1.31. The van der Waals surface area contributed by atoms with Gasteiger partial charge in [0, 0.05) is 0 Å². The molecule has 0 bridgehead atoms. The van der Waals surface area contributed by atoms with Crippen molar-refractivity contribution in [3.8, 4) is 5.75 Å². The standard InChI is InChI=1S/C11H11F3O3/c12-11(13,14)17-10-5-1-3-9(7-10)4-2-6-16-8-15/h1,3,5,7-8H,2,4,6H2. The van der Waals surface area contributed by atoms with Crippen LogP contribution in [0.5, 0.6) is 5.75 Å². The van der Waals surface area contributed by atoms with Crippen molar-refractivity contribution in [1.82, 2.24) is 0 Å². The van der Waals surface area contributed by atoms with Gasteiger partial charge in [-0.1, -0.05) is 12.1 Å². The van der Waals surface area contributed by atoms with E-state index in [-0.39, 0.29) is 12.4 Å². The second kappa shape index (κ2) is 6.12. The van der Waals surface area contributed by atoms with E-state index in [0.29, 0.717) is 24.9 Å². The van der Waals surface area contributed by atoms with Crippen molar-refractivity contribution in [3.63, 3.8) is 0 Å². The molecule has 0 saturated heterocycles. The summed E-state index contributed by atoms with van der Waals surface area (Å²) in [4.78, 5) is 9.86. The van der Waals surface area contributed by atoms with Gasteiger partial charge in [-0.15, -0.1) is 13.2 Å². The summed E-state index contributed by atoms with van der Waals surface area (Å²) in [5.41, 5.74) is 0.696. The Bertz CT molecular complexity index is 363. The molecule has 1 aromatic rings. The molecule has 0 heterocycles. The third kappa shape index (κ3) is 5.79. The van der Waals surface area contributed by atoms with Gasteiger partial charge in [0.25, 0.3) is 6.47 Å². The second-order valence-electron chi connectivity index (χ2n) is 3.27. The van der Waals surface area contributed by atoms with Crippen LogP contribution in [0.2, 0.25) is 0 Å². The molecule has 0 aromatic heterocycles. The number of hydrogen-bond acceptors (Lipinski definition) is 3. The van der Waals surface area contributed by atoms with Crippen molar-refractivity contribution >= 4 is 6.47 Å². The fourth-order valence-corrected chi connectivity index (χ4v) is 1.31. The normalized spacial score (nSPS) is 11.0. The Morgan fingerprint density at radius 3 is 2.71 bits per heavy atom. The lowest BCUT2D eigenvalue weighted by Crippen LogP contribution is -2.17. The van der Waals surface area contributed by atoms with E-state index >= 15 is 0 Å². The number of aryl methyl sites for hydroxylation is 1. The molecule has 94 valence electrons. The van der Waals surface area contributed by atoms with Crippen molar-refractivity contribution in [2.24, 2.45) is 0 Å². The molecule has 0 aliphatic rings. The number of carbonyl (C=O) groups excluding carboxylic acids is 1. The second-order valence-corrected chi connectivity index (χ2v) is 3.27. The monoisotopic (exact) mass is 248 g/mol. The minimum Gasteiger partial charge on any atom is -0.468 e. The van der Waals surface area contributed by atoms with Gasteiger partial charge >= 0.3 is 6.36 Å². The maximum Gasteiger partial charge on any atom is 0.573 e. The number of alkyl halides is 3. The Kier molecular flexibility index (Phi) is 4.81. The fraction of sp³-hybridized carbons (Fsp3) is 0.364. The molecule has 0 saturated carbocycles. The van der Waals surface area contributed by atoms with E-state index < -0.39 is 6.36 Å². The van der Waals surface area contributed by atoms with Gasteiger partial charge in [0.1, 0.15) is 5.75 Å². The first-order chi connectivity index (χ1) is 8.01. The van der Waals surface area contributed by atoms with Crippen molar-refractivity contribution in [2.75, 3.05) is 6.61 Å². The third-order valence-corrected chi connectivity index (χ3v) is 1.93. The molecule has 3 nitrogen and oxygen atoms in total. The maximum absolute atomic E-state index is 11.9. The van der Waals surface area contributed by atoms with Crippen LogP contribution in [0.25, 0.3) is 0 Å². The quantitative estimate of drug-likeness (QED) is 0.573. The summed E-state index contributed by atoms with van der Waals surface area (Å²) in [6.45, 7) is 0.580. The maximum atomic E-state index is 11.9. The molecular formula is C11H11F3O3. The third-order valence-electron chi connectivity index (χ3n) is 1.93. The van der Waals surface area contributed by atoms with Crippen LogP contribution in [0, 0.1) is 0 Å². The molecule has 0 amide bonds. The van der Waals surface area contributed by atoms with Crippen LogP contribution < -0.4 is 4.74 Å². The molecule has 1 aromatic carbocycles. The Morgan fingerprint density at radius 2 is 2.06 bits per heavy atom. The van der Waals surface area contributed by atoms with Crippen LogP contribution in [0.4, 0.5) is 13.2 Å². The molecule has 0 spiro atoms. The Morgan fingerprint density at radius 1 is 1.29 bits per heavy atom. The van der Waals surface area contributed by atoms with Crippen LogP contribution >= 0.6 is 0 Å². The predicted octanol–water partition coefficient (Wildman–Crippen LogP) is 2.69. The first-order valence-electron chi connectivity index (χ1n) is 4.91. The van der Waals surface area contributed by atoms with Gasteiger partial charge in [-0.05, 0) is 30.5 Å². The minimum atomic E-state index is -4.68. The van der Waals surface area contributed by atoms with Gasteiger partial charge in [-0.2, -0.15) is 0 Å². The molecule has 1 rings (SSSR count). The lowest BCUT2D eigenvalue weighted by atomic mass is 10.1. The summed E-state index contributed by atoms with van der Waals surface area (Å²) >= 11 is 0. The Labute approximate surface area is 96.1 Å². The van der Waals surface area contributed by atoms with Gasteiger partial charge in [-0.3, -0.25) is 4.79 Å². The molecular weight excluding hydrogens is 237 g/mol. The van der Waals surface area contributed by atoms with E-state index in [1.165, 1.54) is 18.2 Å². The lowest BCUT2D eigenvalue weighted by molar-refractivity contribution is -0.274. The number of carbonyl (C=O) groups is 1. The topological polar surface area (TPSA) is 35.5 Å². The van der Waals surface area contributed by atoms with E-state index in [0.717, 1.165) is 0 Å². The molecule has 0 unspecified atom stereocenters. The summed E-state index contributed by atoms with van der Waals surface area (Å²) in [5, 5.41) is 0. The minimum absolute atomic E-state index is 0.244. The number of rotatable bonds is 6. The highest BCUT2D eigenvalue weighted by Gasteiger charge is 2.30. The summed E-state index contributed by atoms with van der Waals surface area (Å²) in [6, 6.07) is 5.72. The number of ether oxygens (including phenoxy) is 2. The SMILES string of the molecule is O=COCCCc1cccc(OC(F)(F)F)c1. The van der Waals surface area contributed by atoms with Crippen LogP contribution in [-0.4, -0.2) is 19.4 Å². The van der Waals surface area contributed by atoms with Gasteiger partial charge in [-0.25, -0.2) is 0 Å². The van der Waals surface area contributed by atoms with Crippen molar-refractivity contribution in [1.29, 1.82) is 0 Å². The summed E-state index contributed by atoms with van der Waals surface area (Å²) < 4.78 is 44.1. The van der Waals surface area contributed by atoms with Crippen LogP contribution in [-0.2, 0) is 16.0 Å². The highest BCUT2D eigenvalue weighted by molar-refractivity contribution is 5.36. The molecule has 0 N–H and O–H groups in total. The van der Waals surface area contributed by atoms with Gasteiger partial charge in [0.15, 0.2) is 0 Å². The number of halogens is 3. The van der Waals surface area contributed by atoms with Crippen LogP contribution in [0.15, 0.2) is 24.3 Å². The van der Waals surface area contributed by atoms with E-state index in [4.69, 9.17) is 0 Å².